The van der Waals surface area contributed by atoms with Gasteiger partial charge in [-0.2, -0.15) is 0 Å². The molecule has 0 bridgehead atoms. The highest BCUT2D eigenvalue weighted by Crippen LogP contribution is 2.39. The van der Waals surface area contributed by atoms with E-state index in [2.05, 4.69) is 31.0 Å². The molecule has 3 heteroatoms. The lowest BCUT2D eigenvalue weighted by Gasteiger charge is -2.44. The van der Waals surface area contributed by atoms with Crippen LogP contribution in [0.15, 0.2) is 0 Å². The van der Waals surface area contributed by atoms with Crippen molar-refractivity contribution in [2.75, 3.05) is 26.2 Å². The third kappa shape index (κ3) is 4.44. The predicted molar refractivity (Wildman–Crippen MR) is 84.9 cm³/mol. The molecule has 3 nitrogen and oxygen atoms in total. The molecule has 2 unspecified atom stereocenters. The van der Waals surface area contributed by atoms with E-state index in [1.54, 1.807) is 0 Å². The quantitative estimate of drug-likeness (QED) is 0.832. The van der Waals surface area contributed by atoms with E-state index >= 15 is 0 Å². The summed E-state index contributed by atoms with van der Waals surface area (Å²) in [6.07, 6.45) is 5.84. The third-order valence-corrected chi connectivity index (χ3v) is 5.41. The zero-order valence-corrected chi connectivity index (χ0v) is 13.9. The third-order valence-electron chi connectivity index (χ3n) is 5.41. The van der Waals surface area contributed by atoms with Crippen molar-refractivity contribution < 1.29 is 5.11 Å². The number of nitrogens with one attached hydrogen (secondary N) is 1. The van der Waals surface area contributed by atoms with Crippen LogP contribution in [-0.4, -0.2) is 47.8 Å². The van der Waals surface area contributed by atoms with Crippen molar-refractivity contribution in [3.8, 4) is 0 Å². The van der Waals surface area contributed by atoms with Gasteiger partial charge in [0.15, 0.2) is 0 Å². The van der Waals surface area contributed by atoms with Crippen LogP contribution in [0.2, 0.25) is 0 Å². The zero-order chi connectivity index (χ0) is 14.8. The molecule has 2 fully saturated rings. The van der Waals surface area contributed by atoms with Crippen LogP contribution in [0.4, 0.5) is 0 Å². The van der Waals surface area contributed by atoms with Crippen LogP contribution < -0.4 is 5.32 Å². The van der Waals surface area contributed by atoms with Crippen LogP contribution in [0, 0.1) is 11.3 Å². The zero-order valence-electron chi connectivity index (χ0n) is 13.9. The summed E-state index contributed by atoms with van der Waals surface area (Å²) in [6.45, 7) is 13.4. The van der Waals surface area contributed by atoms with Crippen LogP contribution >= 0.6 is 0 Å². The minimum atomic E-state index is -0.427. The van der Waals surface area contributed by atoms with E-state index in [9.17, 15) is 5.11 Å². The molecule has 118 valence electrons. The second-order valence-corrected chi connectivity index (χ2v) is 8.13. The predicted octanol–water partition coefficient (Wildman–Crippen LogP) is 2.64. The molecule has 1 heterocycles. The van der Waals surface area contributed by atoms with Crippen molar-refractivity contribution in [2.45, 2.75) is 71.4 Å². The summed E-state index contributed by atoms with van der Waals surface area (Å²) in [4.78, 5) is 2.58. The molecule has 2 N–H and O–H groups in total. The van der Waals surface area contributed by atoms with Crippen molar-refractivity contribution in [3.63, 3.8) is 0 Å². The van der Waals surface area contributed by atoms with Gasteiger partial charge in [-0.05, 0) is 56.9 Å². The maximum atomic E-state index is 10.1. The van der Waals surface area contributed by atoms with Gasteiger partial charge in [0.25, 0.3) is 0 Å². The average Bonchev–Trinajstić information content (AvgIpc) is 2.35. The van der Waals surface area contributed by atoms with E-state index < -0.39 is 5.60 Å². The molecule has 2 aliphatic rings. The van der Waals surface area contributed by atoms with Crippen LogP contribution in [0.25, 0.3) is 0 Å². The van der Waals surface area contributed by atoms with Gasteiger partial charge < -0.3 is 15.3 Å². The number of likely N-dealkylation sites (tertiary alicyclic amines) is 1. The van der Waals surface area contributed by atoms with Gasteiger partial charge in [-0.1, -0.05) is 20.8 Å². The first-order valence-corrected chi connectivity index (χ1v) is 8.49. The fraction of sp³-hybridized carbons (Fsp3) is 1.00. The Hall–Kier alpha value is -0.120. The highest BCUT2D eigenvalue weighted by Gasteiger charge is 2.36. The largest absolute Gasteiger partial charge is 0.390 e. The molecular weight excluding hydrogens is 248 g/mol. The number of aliphatic hydroxyl groups is 1. The van der Waals surface area contributed by atoms with E-state index in [1.807, 2.05) is 6.92 Å². The van der Waals surface area contributed by atoms with Gasteiger partial charge in [0.05, 0.1) is 5.60 Å². The molecule has 0 aromatic heterocycles. The summed E-state index contributed by atoms with van der Waals surface area (Å²) >= 11 is 0. The van der Waals surface area contributed by atoms with E-state index in [0.29, 0.717) is 11.5 Å². The maximum absolute atomic E-state index is 10.1. The Kier molecular flexibility index (Phi) is 5.14. The first kappa shape index (κ1) is 16.3. The van der Waals surface area contributed by atoms with Crippen molar-refractivity contribution in [3.05, 3.63) is 0 Å². The van der Waals surface area contributed by atoms with Crippen molar-refractivity contribution >= 4 is 0 Å². The van der Waals surface area contributed by atoms with Crippen molar-refractivity contribution in [2.24, 2.45) is 11.3 Å². The summed E-state index contributed by atoms with van der Waals surface area (Å²) < 4.78 is 0. The van der Waals surface area contributed by atoms with Crippen LogP contribution in [0.1, 0.15) is 59.8 Å². The Labute approximate surface area is 125 Å². The number of nitrogens with zero attached hydrogens (tertiary/aromatic N) is 1. The topological polar surface area (TPSA) is 35.5 Å². The monoisotopic (exact) mass is 282 g/mol. The maximum Gasteiger partial charge on any atom is 0.0644 e. The summed E-state index contributed by atoms with van der Waals surface area (Å²) in [5, 5.41) is 13.8. The smallest absolute Gasteiger partial charge is 0.0644 e. The molecule has 1 saturated heterocycles. The summed E-state index contributed by atoms with van der Waals surface area (Å²) in [6, 6.07) is 0.690. The molecule has 1 saturated carbocycles. The van der Waals surface area contributed by atoms with Crippen LogP contribution in [0.5, 0.6) is 0 Å². The lowest BCUT2D eigenvalue weighted by molar-refractivity contribution is -0.0147. The van der Waals surface area contributed by atoms with Gasteiger partial charge in [0, 0.05) is 25.7 Å². The highest BCUT2D eigenvalue weighted by atomic mass is 16.3. The van der Waals surface area contributed by atoms with Crippen LogP contribution in [-0.2, 0) is 0 Å². The van der Waals surface area contributed by atoms with E-state index in [-0.39, 0.29) is 0 Å². The van der Waals surface area contributed by atoms with E-state index in [4.69, 9.17) is 0 Å². The molecule has 2 rings (SSSR count). The van der Waals surface area contributed by atoms with Gasteiger partial charge in [0.1, 0.15) is 0 Å². The molecule has 0 radical (unpaired) electrons. The molecule has 0 spiro atoms. The lowest BCUT2D eigenvalue weighted by Crippen LogP contribution is -2.50. The summed E-state index contributed by atoms with van der Waals surface area (Å²) in [7, 11) is 0. The Morgan fingerprint density at radius 3 is 2.40 bits per heavy atom. The van der Waals surface area contributed by atoms with Gasteiger partial charge in [-0.3, -0.25) is 0 Å². The van der Waals surface area contributed by atoms with E-state index in [0.717, 1.165) is 38.4 Å². The van der Waals surface area contributed by atoms with Gasteiger partial charge in [0.2, 0.25) is 0 Å². The van der Waals surface area contributed by atoms with Crippen molar-refractivity contribution in [1.82, 2.24) is 10.2 Å². The lowest BCUT2D eigenvalue weighted by atomic mass is 9.69. The first-order chi connectivity index (χ1) is 9.31. The fourth-order valence-electron chi connectivity index (χ4n) is 4.01. The second-order valence-electron chi connectivity index (χ2n) is 8.13. The summed E-state index contributed by atoms with van der Waals surface area (Å²) in [5.41, 5.74) is 0.0707. The van der Waals surface area contributed by atoms with E-state index in [1.165, 1.54) is 25.8 Å². The normalized spacial score (nSPS) is 34.0. The Balaban J connectivity index is 1.90. The Morgan fingerprint density at radius 2 is 1.80 bits per heavy atom. The van der Waals surface area contributed by atoms with Crippen LogP contribution in [0.3, 0.4) is 0 Å². The molecule has 2 atom stereocenters. The highest BCUT2D eigenvalue weighted by molar-refractivity contribution is 4.91. The average molecular weight is 282 g/mol. The molecule has 0 aromatic carbocycles. The molecule has 1 aliphatic heterocycles. The standard InChI is InChI=1S/C17H34N2O/c1-5-18-15-6-7-16(2,3)12-14(15)13-19-10-8-17(4,20)9-11-19/h14-15,18,20H,5-13H2,1-4H3. The summed E-state index contributed by atoms with van der Waals surface area (Å²) in [5.74, 6) is 0.766. The number of rotatable bonds is 4. The molecule has 1 aliphatic carbocycles. The Bertz CT molecular complexity index is 304. The SMILES string of the molecule is CCNC1CCC(C)(C)CC1CN1CCC(C)(O)CC1. The number of hydrogen-bond acceptors (Lipinski definition) is 3. The minimum Gasteiger partial charge on any atom is -0.390 e. The second kappa shape index (κ2) is 6.33. The molecule has 20 heavy (non-hydrogen) atoms. The fourth-order valence-corrected chi connectivity index (χ4v) is 4.01. The van der Waals surface area contributed by atoms with Gasteiger partial charge >= 0.3 is 0 Å². The first-order valence-electron chi connectivity index (χ1n) is 8.49. The molecule has 0 amide bonds. The molecule has 0 aromatic rings. The Morgan fingerprint density at radius 1 is 1.15 bits per heavy atom. The number of hydrogen-bond donors (Lipinski definition) is 2. The molecular formula is C17H34N2O. The minimum absolute atomic E-state index is 0.427. The number of piperidine rings is 1. The van der Waals surface area contributed by atoms with Gasteiger partial charge in [-0.15, -0.1) is 0 Å². The van der Waals surface area contributed by atoms with Crippen molar-refractivity contribution in [1.29, 1.82) is 0 Å². The van der Waals surface area contributed by atoms with Gasteiger partial charge in [-0.25, -0.2) is 0 Å².